The average Bonchev–Trinajstić information content (AvgIpc) is 3.11. The third-order valence-corrected chi connectivity index (χ3v) is 4.61. The van der Waals surface area contributed by atoms with Crippen LogP contribution in [0.1, 0.15) is 0 Å². The first-order valence-corrected chi connectivity index (χ1v) is 9.47. The number of pyridine rings is 1. The van der Waals surface area contributed by atoms with Crippen molar-refractivity contribution in [3.8, 4) is 17.1 Å². The number of rotatable bonds is 9. The second kappa shape index (κ2) is 9.78. The number of benzene rings is 1. The van der Waals surface area contributed by atoms with Crippen molar-refractivity contribution in [2.75, 3.05) is 11.1 Å². The second-order valence-corrected chi connectivity index (χ2v) is 6.63. The van der Waals surface area contributed by atoms with Crippen LogP contribution in [0, 0.1) is 0 Å². The van der Waals surface area contributed by atoms with Crippen molar-refractivity contribution in [2.24, 2.45) is 0 Å². The summed E-state index contributed by atoms with van der Waals surface area (Å²) in [7, 11) is 0. The quantitative estimate of drug-likeness (QED) is 0.421. The third-order valence-electron chi connectivity index (χ3n) is 3.64. The summed E-state index contributed by atoms with van der Waals surface area (Å²) in [5.74, 6) is 0.481. The lowest BCUT2D eigenvalue weighted by Gasteiger charge is -2.09. The van der Waals surface area contributed by atoms with Crippen molar-refractivity contribution < 1.29 is 18.3 Å². The van der Waals surface area contributed by atoms with Crippen molar-refractivity contribution >= 4 is 23.4 Å². The van der Waals surface area contributed by atoms with Crippen LogP contribution in [0.2, 0.25) is 0 Å². The van der Waals surface area contributed by atoms with Crippen LogP contribution in [0.3, 0.4) is 0 Å². The topological polar surface area (TPSA) is 81.9 Å². The van der Waals surface area contributed by atoms with Gasteiger partial charge in [0.2, 0.25) is 5.91 Å². The predicted octanol–water partition coefficient (Wildman–Crippen LogP) is 3.86. The van der Waals surface area contributed by atoms with Gasteiger partial charge < -0.3 is 10.1 Å². The number of hydrogen-bond acceptors (Lipinski definition) is 6. The van der Waals surface area contributed by atoms with E-state index < -0.39 is 6.61 Å². The van der Waals surface area contributed by atoms with Gasteiger partial charge in [-0.1, -0.05) is 17.8 Å². The zero-order chi connectivity index (χ0) is 20.6. The molecule has 0 atom stereocenters. The summed E-state index contributed by atoms with van der Waals surface area (Å²) in [4.78, 5) is 16.3. The average molecular weight is 417 g/mol. The number of thioether (sulfide) groups is 1. The van der Waals surface area contributed by atoms with Gasteiger partial charge >= 0.3 is 6.61 Å². The Labute approximate surface area is 169 Å². The van der Waals surface area contributed by atoms with Crippen molar-refractivity contribution in [1.29, 1.82) is 0 Å². The van der Waals surface area contributed by atoms with Crippen LogP contribution in [0.15, 0.2) is 66.6 Å². The molecule has 10 heteroatoms. The minimum absolute atomic E-state index is 0.0211. The van der Waals surface area contributed by atoms with Gasteiger partial charge in [0.25, 0.3) is 0 Å². The maximum Gasteiger partial charge on any atom is 0.387 e. The molecule has 2 aromatic heterocycles. The van der Waals surface area contributed by atoms with Gasteiger partial charge in [-0.3, -0.25) is 14.3 Å². The number of nitrogens with zero attached hydrogens (tertiary/aromatic N) is 4. The van der Waals surface area contributed by atoms with Gasteiger partial charge in [0.05, 0.1) is 5.75 Å². The van der Waals surface area contributed by atoms with Crippen LogP contribution >= 0.6 is 11.8 Å². The summed E-state index contributed by atoms with van der Waals surface area (Å²) in [6, 6.07) is 9.37. The lowest BCUT2D eigenvalue weighted by Crippen LogP contribution is -2.14. The molecule has 3 rings (SSSR count). The Hall–Kier alpha value is -3.27. The van der Waals surface area contributed by atoms with Gasteiger partial charge in [0, 0.05) is 30.2 Å². The van der Waals surface area contributed by atoms with Gasteiger partial charge in [-0.2, -0.15) is 8.78 Å². The minimum Gasteiger partial charge on any atom is -0.435 e. The van der Waals surface area contributed by atoms with Gasteiger partial charge in [0.15, 0.2) is 11.0 Å². The van der Waals surface area contributed by atoms with Crippen LogP contribution in [0.25, 0.3) is 11.4 Å². The molecule has 0 unspecified atom stereocenters. The molecule has 1 aromatic carbocycles. The van der Waals surface area contributed by atoms with E-state index in [9.17, 15) is 13.6 Å². The number of alkyl halides is 2. The Morgan fingerprint density at radius 3 is 2.72 bits per heavy atom. The number of carbonyl (C=O) groups is 1. The van der Waals surface area contributed by atoms with E-state index in [1.165, 1.54) is 36.0 Å². The fraction of sp³-hybridized carbons (Fsp3) is 0.158. The summed E-state index contributed by atoms with van der Waals surface area (Å²) >= 11 is 1.23. The molecule has 29 heavy (non-hydrogen) atoms. The van der Waals surface area contributed by atoms with Crippen molar-refractivity contribution in [2.45, 2.75) is 18.3 Å². The highest BCUT2D eigenvalue weighted by Crippen LogP contribution is 2.24. The number of amides is 1. The maximum absolute atomic E-state index is 12.2. The fourth-order valence-corrected chi connectivity index (χ4v) is 3.19. The van der Waals surface area contributed by atoms with E-state index in [1.54, 1.807) is 24.5 Å². The molecule has 0 aliphatic heterocycles. The largest absolute Gasteiger partial charge is 0.435 e. The zero-order valence-corrected chi connectivity index (χ0v) is 16.0. The summed E-state index contributed by atoms with van der Waals surface area (Å²) in [5.41, 5.74) is 1.28. The molecular formula is C19H17F2N5O2S. The Balaban J connectivity index is 1.63. The van der Waals surface area contributed by atoms with Gasteiger partial charge in [-0.25, -0.2) is 0 Å². The molecule has 0 saturated carbocycles. The zero-order valence-electron chi connectivity index (χ0n) is 15.2. The minimum atomic E-state index is -2.89. The van der Waals surface area contributed by atoms with E-state index in [0.29, 0.717) is 23.2 Å². The van der Waals surface area contributed by atoms with E-state index in [4.69, 9.17) is 0 Å². The molecule has 7 nitrogen and oxygen atoms in total. The fourth-order valence-electron chi connectivity index (χ4n) is 2.44. The van der Waals surface area contributed by atoms with Gasteiger partial charge in [0.1, 0.15) is 5.75 Å². The number of halogens is 2. The number of carbonyl (C=O) groups excluding carboxylic acids is 1. The van der Waals surface area contributed by atoms with E-state index in [2.05, 4.69) is 31.8 Å². The number of hydrogen-bond donors (Lipinski definition) is 1. The Morgan fingerprint density at radius 2 is 2.07 bits per heavy atom. The standard InChI is InChI=1S/C19H17F2N5O2S/c1-2-10-26-17(13-4-3-9-22-11-13)24-25-19(26)29-12-16(27)23-14-5-7-15(8-6-14)28-18(20)21/h2-9,11,18H,1,10,12H2,(H,23,27). The van der Waals surface area contributed by atoms with Crippen LogP contribution < -0.4 is 10.1 Å². The number of nitrogens with one attached hydrogen (secondary N) is 1. The molecule has 1 N–H and O–H groups in total. The van der Waals surface area contributed by atoms with Crippen LogP contribution in [-0.4, -0.2) is 38.0 Å². The van der Waals surface area contributed by atoms with Gasteiger partial charge in [-0.15, -0.1) is 16.8 Å². The van der Waals surface area contributed by atoms with Crippen molar-refractivity contribution in [1.82, 2.24) is 19.7 Å². The molecule has 0 bridgehead atoms. The lowest BCUT2D eigenvalue weighted by atomic mass is 10.3. The molecule has 3 aromatic rings. The Bertz CT molecular complexity index is 964. The van der Waals surface area contributed by atoms with Crippen molar-refractivity contribution in [3.05, 3.63) is 61.4 Å². The number of anilines is 1. The molecule has 0 saturated heterocycles. The van der Waals surface area contributed by atoms with E-state index in [-0.39, 0.29) is 17.4 Å². The van der Waals surface area contributed by atoms with Crippen LogP contribution in [0.4, 0.5) is 14.5 Å². The molecule has 150 valence electrons. The molecule has 0 radical (unpaired) electrons. The summed E-state index contributed by atoms with van der Waals surface area (Å²) in [6.45, 7) is 1.34. The maximum atomic E-state index is 12.2. The van der Waals surface area contributed by atoms with Crippen LogP contribution in [0.5, 0.6) is 5.75 Å². The molecule has 0 spiro atoms. The first kappa shape index (κ1) is 20.5. The highest BCUT2D eigenvalue weighted by Gasteiger charge is 2.15. The number of allylic oxidation sites excluding steroid dienone is 1. The monoisotopic (exact) mass is 417 g/mol. The normalized spacial score (nSPS) is 10.7. The summed E-state index contributed by atoms with van der Waals surface area (Å²) < 4.78 is 30.5. The first-order valence-electron chi connectivity index (χ1n) is 8.49. The predicted molar refractivity (Wildman–Crippen MR) is 106 cm³/mol. The summed E-state index contributed by atoms with van der Waals surface area (Å²) in [6.07, 6.45) is 5.08. The lowest BCUT2D eigenvalue weighted by molar-refractivity contribution is -0.113. The van der Waals surface area contributed by atoms with E-state index >= 15 is 0 Å². The summed E-state index contributed by atoms with van der Waals surface area (Å²) in [5, 5.41) is 11.6. The molecule has 1 amide bonds. The molecular weight excluding hydrogens is 400 g/mol. The van der Waals surface area contributed by atoms with E-state index in [1.807, 2.05) is 10.6 Å². The van der Waals surface area contributed by atoms with Crippen LogP contribution in [-0.2, 0) is 11.3 Å². The van der Waals surface area contributed by atoms with E-state index in [0.717, 1.165) is 5.56 Å². The highest BCUT2D eigenvalue weighted by atomic mass is 32.2. The second-order valence-electron chi connectivity index (χ2n) is 5.69. The molecule has 0 fully saturated rings. The molecule has 2 heterocycles. The number of aromatic nitrogens is 4. The first-order chi connectivity index (χ1) is 14.1. The third kappa shape index (κ3) is 5.61. The Morgan fingerprint density at radius 1 is 1.28 bits per heavy atom. The Kier molecular flexibility index (Phi) is 6.90. The SMILES string of the molecule is C=CCn1c(SCC(=O)Nc2ccc(OC(F)F)cc2)nnc1-c1cccnc1. The van der Waals surface area contributed by atoms with Crippen molar-refractivity contribution in [3.63, 3.8) is 0 Å². The van der Waals surface area contributed by atoms with Gasteiger partial charge in [-0.05, 0) is 36.4 Å². The smallest absolute Gasteiger partial charge is 0.387 e. The number of ether oxygens (including phenoxy) is 1. The highest BCUT2D eigenvalue weighted by molar-refractivity contribution is 7.99. The molecule has 0 aliphatic rings. The molecule has 0 aliphatic carbocycles.